The number of carbonyl (C=O) groups is 1. The zero-order valence-electron chi connectivity index (χ0n) is 7.49. The second-order valence-corrected chi connectivity index (χ2v) is 6.03. The Labute approximate surface area is 99.9 Å². The standard InChI is InChI=1S/C8H6BrClO4S/c1-15(13,14)5-3-2-4(9)7(10)6(5)8(11)12/h2-3H,1H3,(H,11,12). The maximum absolute atomic E-state index is 11.3. The van der Waals surface area contributed by atoms with Crippen LogP contribution < -0.4 is 0 Å². The van der Waals surface area contributed by atoms with Crippen LogP contribution in [0.1, 0.15) is 10.4 Å². The lowest BCUT2D eigenvalue weighted by Gasteiger charge is -2.07. The fourth-order valence-corrected chi connectivity index (χ4v) is 2.55. The summed E-state index contributed by atoms with van der Waals surface area (Å²) in [5, 5.41) is 8.74. The summed E-state index contributed by atoms with van der Waals surface area (Å²) < 4.78 is 22.9. The summed E-state index contributed by atoms with van der Waals surface area (Å²) in [4.78, 5) is 10.6. The van der Waals surface area contributed by atoms with Gasteiger partial charge in [0.1, 0.15) is 0 Å². The van der Waals surface area contributed by atoms with Crippen LogP contribution in [0.2, 0.25) is 5.02 Å². The van der Waals surface area contributed by atoms with E-state index in [1.807, 2.05) is 0 Å². The van der Waals surface area contributed by atoms with Crippen LogP contribution in [0.25, 0.3) is 0 Å². The quantitative estimate of drug-likeness (QED) is 0.908. The number of carboxylic acids is 1. The van der Waals surface area contributed by atoms with Gasteiger partial charge in [0.05, 0.1) is 15.5 Å². The Bertz CT molecular complexity index is 524. The van der Waals surface area contributed by atoms with Crippen LogP contribution in [0.15, 0.2) is 21.5 Å². The van der Waals surface area contributed by atoms with Crippen molar-refractivity contribution in [2.75, 3.05) is 6.26 Å². The van der Waals surface area contributed by atoms with Crippen molar-refractivity contribution in [3.8, 4) is 0 Å². The molecule has 1 aromatic rings. The van der Waals surface area contributed by atoms with Crippen molar-refractivity contribution in [2.45, 2.75) is 4.90 Å². The van der Waals surface area contributed by atoms with E-state index in [2.05, 4.69) is 15.9 Å². The molecule has 0 aliphatic rings. The Morgan fingerprint density at radius 2 is 2.00 bits per heavy atom. The van der Waals surface area contributed by atoms with E-state index in [1.54, 1.807) is 0 Å². The van der Waals surface area contributed by atoms with E-state index in [4.69, 9.17) is 16.7 Å². The molecule has 0 bridgehead atoms. The summed E-state index contributed by atoms with van der Waals surface area (Å²) in [6, 6.07) is 2.60. The molecule has 0 unspecified atom stereocenters. The van der Waals surface area contributed by atoms with E-state index in [-0.39, 0.29) is 9.92 Å². The van der Waals surface area contributed by atoms with Gasteiger partial charge < -0.3 is 5.11 Å². The van der Waals surface area contributed by atoms with E-state index in [0.29, 0.717) is 4.47 Å². The topological polar surface area (TPSA) is 71.4 Å². The molecule has 0 aromatic heterocycles. The predicted octanol–water partition coefficient (Wildman–Crippen LogP) is 2.20. The van der Waals surface area contributed by atoms with Crippen LogP contribution in [-0.2, 0) is 9.84 Å². The van der Waals surface area contributed by atoms with Crippen LogP contribution in [-0.4, -0.2) is 25.7 Å². The average Bonchev–Trinajstić information content (AvgIpc) is 2.06. The summed E-state index contributed by atoms with van der Waals surface area (Å²) in [6.45, 7) is 0. The molecule has 82 valence electrons. The molecule has 0 radical (unpaired) electrons. The SMILES string of the molecule is CS(=O)(=O)c1ccc(Br)c(Cl)c1C(=O)O. The molecule has 4 nitrogen and oxygen atoms in total. The number of hydrogen-bond acceptors (Lipinski definition) is 3. The van der Waals surface area contributed by atoms with Gasteiger partial charge in [0.15, 0.2) is 9.84 Å². The summed E-state index contributed by atoms with van der Waals surface area (Å²) in [6.07, 6.45) is 0.930. The van der Waals surface area contributed by atoms with E-state index in [0.717, 1.165) is 6.26 Å². The van der Waals surface area contributed by atoms with Crippen LogP contribution in [0.3, 0.4) is 0 Å². The van der Waals surface area contributed by atoms with Crippen molar-refractivity contribution in [1.82, 2.24) is 0 Å². The maximum atomic E-state index is 11.3. The molecule has 15 heavy (non-hydrogen) atoms. The molecule has 0 amide bonds. The van der Waals surface area contributed by atoms with Gasteiger partial charge in [0.2, 0.25) is 0 Å². The smallest absolute Gasteiger partial charge is 0.338 e. The Morgan fingerprint density at radius 1 is 1.47 bits per heavy atom. The molecule has 0 spiro atoms. The predicted molar refractivity (Wildman–Crippen MR) is 59.2 cm³/mol. The molecule has 7 heteroatoms. The highest BCUT2D eigenvalue weighted by atomic mass is 79.9. The number of halogens is 2. The van der Waals surface area contributed by atoms with Crippen LogP contribution >= 0.6 is 27.5 Å². The molecule has 0 saturated heterocycles. The highest BCUT2D eigenvalue weighted by molar-refractivity contribution is 9.10. The van der Waals surface area contributed by atoms with Gasteiger partial charge in [-0.25, -0.2) is 13.2 Å². The Balaban J connectivity index is 3.70. The first-order valence-electron chi connectivity index (χ1n) is 3.66. The van der Waals surface area contributed by atoms with Crippen molar-refractivity contribution in [2.24, 2.45) is 0 Å². The first kappa shape index (κ1) is 12.5. The average molecular weight is 314 g/mol. The summed E-state index contributed by atoms with van der Waals surface area (Å²) in [7, 11) is -3.60. The largest absolute Gasteiger partial charge is 0.478 e. The number of benzene rings is 1. The van der Waals surface area contributed by atoms with E-state index >= 15 is 0 Å². The van der Waals surface area contributed by atoms with Gasteiger partial charge in [0.25, 0.3) is 0 Å². The summed E-state index contributed by atoms with van der Waals surface area (Å²) in [5.41, 5.74) is -0.409. The third-order valence-corrected chi connectivity index (χ3v) is 4.09. The molecular formula is C8H6BrClO4S. The lowest BCUT2D eigenvalue weighted by molar-refractivity contribution is 0.0693. The fourth-order valence-electron chi connectivity index (χ4n) is 1.04. The zero-order chi connectivity index (χ0) is 11.8. The van der Waals surface area contributed by atoms with Crippen molar-refractivity contribution in [3.63, 3.8) is 0 Å². The Kier molecular flexibility index (Phi) is 3.42. The lowest BCUT2D eigenvalue weighted by atomic mass is 10.2. The summed E-state index contributed by atoms with van der Waals surface area (Å²) in [5.74, 6) is -1.37. The van der Waals surface area contributed by atoms with Gasteiger partial charge in [-0.15, -0.1) is 0 Å². The molecule has 0 heterocycles. The van der Waals surface area contributed by atoms with E-state index < -0.39 is 21.4 Å². The summed E-state index contributed by atoms with van der Waals surface area (Å²) >= 11 is 8.73. The first-order valence-corrected chi connectivity index (χ1v) is 6.72. The molecule has 1 rings (SSSR count). The number of carboxylic acid groups (broad SMARTS) is 1. The highest BCUT2D eigenvalue weighted by Crippen LogP contribution is 2.31. The van der Waals surface area contributed by atoms with Crippen LogP contribution in [0.4, 0.5) is 0 Å². The first-order chi connectivity index (χ1) is 6.75. The lowest BCUT2D eigenvalue weighted by Crippen LogP contribution is -2.08. The molecule has 1 aromatic carbocycles. The van der Waals surface area contributed by atoms with Gasteiger partial charge in [-0.05, 0) is 28.1 Å². The van der Waals surface area contributed by atoms with Crippen LogP contribution in [0, 0.1) is 0 Å². The Morgan fingerprint density at radius 3 is 2.40 bits per heavy atom. The second kappa shape index (κ2) is 4.11. The third-order valence-electron chi connectivity index (χ3n) is 1.67. The van der Waals surface area contributed by atoms with Gasteiger partial charge in [0, 0.05) is 10.7 Å². The van der Waals surface area contributed by atoms with Gasteiger partial charge in [-0.3, -0.25) is 0 Å². The van der Waals surface area contributed by atoms with E-state index in [9.17, 15) is 13.2 Å². The van der Waals surface area contributed by atoms with Gasteiger partial charge >= 0.3 is 5.97 Å². The number of aromatic carboxylic acids is 1. The molecule has 1 N–H and O–H groups in total. The minimum absolute atomic E-state index is 0.120. The Hall–Kier alpha value is -0.590. The van der Waals surface area contributed by atoms with E-state index in [1.165, 1.54) is 12.1 Å². The third kappa shape index (κ3) is 2.50. The van der Waals surface area contributed by atoms with Crippen molar-refractivity contribution < 1.29 is 18.3 Å². The maximum Gasteiger partial charge on any atom is 0.338 e. The number of sulfone groups is 1. The molecule has 0 aliphatic carbocycles. The van der Waals surface area contributed by atoms with Crippen molar-refractivity contribution in [1.29, 1.82) is 0 Å². The fraction of sp³-hybridized carbons (Fsp3) is 0.125. The molecule has 0 fully saturated rings. The molecule has 0 aliphatic heterocycles. The normalized spacial score (nSPS) is 11.4. The van der Waals surface area contributed by atoms with Gasteiger partial charge in [-0.2, -0.15) is 0 Å². The highest BCUT2D eigenvalue weighted by Gasteiger charge is 2.22. The zero-order valence-corrected chi connectivity index (χ0v) is 10.6. The molecule has 0 atom stereocenters. The van der Waals surface area contributed by atoms with Crippen LogP contribution in [0.5, 0.6) is 0 Å². The number of hydrogen-bond donors (Lipinski definition) is 1. The van der Waals surface area contributed by atoms with Crippen molar-refractivity contribution >= 4 is 43.3 Å². The second-order valence-electron chi connectivity index (χ2n) is 2.81. The minimum atomic E-state index is -3.60. The van der Waals surface area contributed by atoms with Crippen molar-refractivity contribution in [3.05, 3.63) is 27.2 Å². The minimum Gasteiger partial charge on any atom is -0.478 e. The monoisotopic (exact) mass is 312 g/mol. The number of rotatable bonds is 2. The van der Waals surface area contributed by atoms with Gasteiger partial charge in [-0.1, -0.05) is 11.6 Å². The molecule has 0 saturated carbocycles. The molecular weight excluding hydrogens is 308 g/mol.